The molecule has 0 aliphatic rings. The lowest BCUT2D eigenvalue weighted by molar-refractivity contribution is 0.0937. The quantitative estimate of drug-likeness (QED) is 0.457. The van der Waals surface area contributed by atoms with Crippen molar-refractivity contribution < 1.29 is 9.53 Å². The topological polar surface area (TPSA) is 51.2 Å². The van der Waals surface area contributed by atoms with Crippen molar-refractivity contribution in [2.75, 3.05) is 7.11 Å². The molecule has 2 aromatic carbocycles. The van der Waals surface area contributed by atoms with Gasteiger partial charge in [-0.15, -0.1) is 23.1 Å². The van der Waals surface area contributed by atoms with E-state index in [-0.39, 0.29) is 11.9 Å². The van der Waals surface area contributed by atoms with Crippen LogP contribution in [0.25, 0.3) is 0 Å². The first-order valence-corrected chi connectivity index (χ1v) is 11.0. The number of carbonyl (C=O) groups is 1. The Morgan fingerprint density at radius 3 is 2.85 bits per heavy atom. The van der Waals surface area contributed by atoms with E-state index in [0.717, 1.165) is 32.1 Å². The Morgan fingerprint density at radius 1 is 1.33 bits per heavy atom. The van der Waals surface area contributed by atoms with Crippen LogP contribution in [0.4, 0.5) is 0 Å². The predicted octanol–water partition coefficient (Wildman–Crippen LogP) is 5.70. The molecule has 1 aromatic heterocycles. The van der Waals surface area contributed by atoms with Gasteiger partial charge in [0.1, 0.15) is 5.75 Å². The first kappa shape index (κ1) is 19.9. The third-order valence-electron chi connectivity index (χ3n) is 4.01. The maximum atomic E-state index is 12.8. The van der Waals surface area contributed by atoms with E-state index >= 15 is 0 Å². The van der Waals surface area contributed by atoms with E-state index in [0.29, 0.717) is 5.56 Å². The summed E-state index contributed by atoms with van der Waals surface area (Å²) in [6.07, 6.45) is 0. The fraction of sp³-hybridized carbons (Fsp3) is 0.200. The summed E-state index contributed by atoms with van der Waals surface area (Å²) in [5, 5.41) is 5.11. The number of thiazole rings is 1. The van der Waals surface area contributed by atoms with Crippen molar-refractivity contribution in [3.8, 4) is 5.75 Å². The zero-order chi connectivity index (χ0) is 19.2. The minimum atomic E-state index is -0.128. The van der Waals surface area contributed by atoms with Gasteiger partial charge in [-0.25, -0.2) is 4.98 Å². The van der Waals surface area contributed by atoms with Crippen LogP contribution < -0.4 is 10.1 Å². The van der Waals surface area contributed by atoms with Crippen LogP contribution >= 0.6 is 39.0 Å². The lowest BCUT2D eigenvalue weighted by Gasteiger charge is -2.17. The number of hydrogen-bond acceptors (Lipinski definition) is 5. The molecule has 1 amide bonds. The molecule has 3 aromatic rings. The molecule has 0 radical (unpaired) electrons. The van der Waals surface area contributed by atoms with Crippen LogP contribution in [-0.4, -0.2) is 18.0 Å². The Bertz CT molecular complexity index is 916. The molecule has 0 aliphatic carbocycles. The number of halogens is 1. The molecular weight excluding hydrogens is 444 g/mol. The summed E-state index contributed by atoms with van der Waals surface area (Å²) in [5.41, 5.74) is 4.53. The summed E-state index contributed by atoms with van der Waals surface area (Å²) < 4.78 is 6.13. The lowest BCUT2D eigenvalue weighted by Crippen LogP contribution is -2.27. The molecule has 140 valence electrons. The summed E-state index contributed by atoms with van der Waals surface area (Å²) in [6, 6.07) is 13.3. The molecule has 7 heteroatoms. The fourth-order valence-electron chi connectivity index (χ4n) is 2.55. The normalized spacial score (nSPS) is 11.8. The van der Waals surface area contributed by atoms with Gasteiger partial charge in [-0.2, -0.15) is 0 Å². The molecule has 1 unspecified atom stereocenters. The lowest BCUT2D eigenvalue weighted by atomic mass is 10.1. The fourth-order valence-corrected chi connectivity index (χ4v) is 4.72. The largest absolute Gasteiger partial charge is 0.496 e. The number of rotatable bonds is 7. The van der Waals surface area contributed by atoms with Crippen molar-refractivity contribution in [3.63, 3.8) is 0 Å². The maximum Gasteiger partial charge on any atom is 0.252 e. The van der Waals surface area contributed by atoms with Gasteiger partial charge < -0.3 is 10.1 Å². The van der Waals surface area contributed by atoms with Gasteiger partial charge >= 0.3 is 0 Å². The second-order valence-corrected chi connectivity index (χ2v) is 8.44. The number of ether oxygens (including phenoxy) is 1. The van der Waals surface area contributed by atoms with Crippen LogP contribution in [-0.2, 0) is 5.75 Å². The average Bonchev–Trinajstić information content (AvgIpc) is 3.20. The Hall–Kier alpha value is -1.83. The highest BCUT2D eigenvalue weighted by atomic mass is 79.9. The minimum Gasteiger partial charge on any atom is -0.496 e. The zero-order valence-corrected chi connectivity index (χ0v) is 18.2. The van der Waals surface area contributed by atoms with Crippen molar-refractivity contribution in [1.29, 1.82) is 0 Å². The third kappa shape index (κ3) is 5.12. The minimum absolute atomic E-state index is 0.0872. The molecule has 4 nitrogen and oxygen atoms in total. The van der Waals surface area contributed by atoms with E-state index in [2.05, 4.69) is 26.2 Å². The number of amides is 1. The van der Waals surface area contributed by atoms with Gasteiger partial charge in [-0.1, -0.05) is 18.2 Å². The molecule has 1 N–H and O–H groups in total. The smallest absolute Gasteiger partial charge is 0.252 e. The molecular formula is C20H19BrN2O2S2. The molecule has 1 heterocycles. The Kier molecular flexibility index (Phi) is 6.93. The number of carbonyl (C=O) groups excluding carboxylic acids is 1. The van der Waals surface area contributed by atoms with Crippen LogP contribution in [0.15, 0.2) is 62.7 Å². The van der Waals surface area contributed by atoms with E-state index in [1.54, 1.807) is 30.2 Å². The third-order valence-corrected chi connectivity index (χ3v) is 6.38. The molecule has 1 atom stereocenters. The van der Waals surface area contributed by atoms with Gasteiger partial charge in [0.2, 0.25) is 0 Å². The van der Waals surface area contributed by atoms with Crippen LogP contribution in [0.3, 0.4) is 0 Å². The SMILES string of the molecule is COc1ccc(C(C)NC(=O)c2ccccc2SCc2cscn2)cc1Br. The van der Waals surface area contributed by atoms with Gasteiger partial charge in [-0.3, -0.25) is 4.79 Å². The van der Waals surface area contributed by atoms with Crippen LogP contribution in [0, 0.1) is 0 Å². The molecule has 0 saturated carbocycles. The highest BCUT2D eigenvalue weighted by Crippen LogP contribution is 2.29. The first-order valence-electron chi connectivity index (χ1n) is 8.31. The maximum absolute atomic E-state index is 12.8. The summed E-state index contributed by atoms with van der Waals surface area (Å²) in [5.74, 6) is 1.42. The standard InChI is InChI=1S/C20H19BrN2O2S2/c1-13(14-7-8-18(25-2)17(21)9-14)23-20(24)16-5-3-4-6-19(16)27-11-15-10-26-12-22-15/h3-10,12-13H,11H2,1-2H3,(H,23,24). The van der Waals surface area contributed by atoms with Crippen molar-refractivity contribution >= 4 is 44.9 Å². The van der Waals surface area contributed by atoms with E-state index < -0.39 is 0 Å². The first-order chi connectivity index (χ1) is 13.1. The second kappa shape index (κ2) is 9.39. The average molecular weight is 463 g/mol. The van der Waals surface area contributed by atoms with Crippen molar-refractivity contribution in [2.24, 2.45) is 0 Å². The molecule has 3 rings (SSSR count). The Morgan fingerprint density at radius 2 is 2.15 bits per heavy atom. The van der Waals surface area contributed by atoms with Crippen LogP contribution in [0.1, 0.15) is 34.6 Å². The molecule has 0 saturated heterocycles. The van der Waals surface area contributed by atoms with Gasteiger partial charge in [0, 0.05) is 16.0 Å². The second-order valence-electron chi connectivity index (χ2n) is 5.85. The van der Waals surface area contributed by atoms with Gasteiger partial charge in [0.25, 0.3) is 5.91 Å². The van der Waals surface area contributed by atoms with E-state index in [1.807, 2.05) is 60.3 Å². The van der Waals surface area contributed by atoms with Gasteiger partial charge in [0.15, 0.2) is 0 Å². The number of thioether (sulfide) groups is 1. The van der Waals surface area contributed by atoms with E-state index in [4.69, 9.17) is 4.74 Å². The summed E-state index contributed by atoms with van der Waals surface area (Å²) >= 11 is 6.69. The van der Waals surface area contributed by atoms with Crippen molar-refractivity contribution in [2.45, 2.75) is 23.6 Å². The summed E-state index contributed by atoms with van der Waals surface area (Å²) in [6.45, 7) is 1.97. The van der Waals surface area contributed by atoms with Crippen LogP contribution in [0.5, 0.6) is 5.75 Å². The number of nitrogens with one attached hydrogen (secondary N) is 1. The van der Waals surface area contributed by atoms with Gasteiger partial charge in [0.05, 0.1) is 34.4 Å². The Labute approximate surface area is 175 Å². The highest BCUT2D eigenvalue weighted by Gasteiger charge is 2.16. The van der Waals surface area contributed by atoms with E-state index in [9.17, 15) is 4.79 Å². The molecule has 0 spiro atoms. The van der Waals surface area contributed by atoms with Crippen molar-refractivity contribution in [3.05, 3.63) is 74.6 Å². The number of benzene rings is 2. The number of methoxy groups -OCH3 is 1. The summed E-state index contributed by atoms with van der Waals surface area (Å²) in [7, 11) is 1.63. The molecule has 0 fully saturated rings. The Balaban J connectivity index is 1.71. The molecule has 0 bridgehead atoms. The molecule has 0 aliphatic heterocycles. The van der Waals surface area contributed by atoms with E-state index in [1.165, 1.54) is 0 Å². The number of aromatic nitrogens is 1. The number of hydrogen-bond donors (Lipinski definition) is 1. The zero-order valence-electron chi connectivity index (χ0n) is 14.9. The predicted molar refractivity (Wildman–Crippen MR) is 115 cm³/mol. The summed E-state index contributed by atoms with van der Waals surface area (Å²) in [4.78, 5) is 18.1. The van der Waals surface area contributed by atoms with Gasteiger partial charge in [-0.05, 0) is 52.7 Å². The van der Waals surface area contributed by atoms with Crippen molar-refractivity contribution in [1.82, 2.24) is 10.3 Å². The number of nitrogens with zero attached hydrogens (tertiary/aromatic N) is 1. The highest BCUT2D eigenvalue weighted by molar-refractivity contribution is 9.10. The monoisotopic (exact) mass is 462 g/mol. The van der Waals surface area contributed by atoms with Crippen LogP contribution in [0.2, 0.25) is 0 Å². The molecule has 27 heavy (non-hydrogen) atoms.